The lowest BCUT2D eigenvalue weighted by Crippen LogP contribution is -2.39. The Kier molecular flexibility index (Phi) is 6.87. The van der Waals surface area contributed by atoms with Crippen LogP contribution >= 0.6 is 11.6 Å². The molecule has 0 bridgehead atoms. The van der Waals surface area contributed by atoms with Crippen molar-refractivity contribution in [3.8, 4) is 22.7 Å². The zero-order chi connectivity index (χ0) is 24.2. The molecule has 1 fully saturated rings. The number of aromatic nitrogens is 2. The van der Waals surface area contributed by atoms with Crippen molar-refractivity contribution < 1.29 is 9.53 Å². The number of ether oxygens (including phenoxy) is 1. The third kappa shape index (κ3) is 5.25. The van der Waals surface area contributed by atoms with Crippen molar-refractivity contribution in [1.29, 1.82) is 0 Å². The number of methoxy groups -OCH3 is 1. The summed E-state index contributed by atoms with van der Waals surface area (Å²) in [5, 5.41) is 5.41. The van der Waals surface area contributed by atoms with Gasteiger partial charge in [0.2, 0.25) is 0 Å². The summed E-state index contributed by atoms with van der Waals surface area (Å²) in [6, 6.07) is 27.6. The minimum Gasteiger partial charge on any atom is -0.497 e. The molecule has 1 aliphatic heterocycles. The largest absolute Gasteiger partial charge is 0.497 e. The Morgan fingerprint density at radius 3 is 2.49 bits per heavy atom. The minimum atomic E-state index is -0.00946. The Bertz CT molecular complexity index is 1310. The molecule has 5 nitrogen and oxygen atoms in total. The van der Waals surface area contributed by atoms with E-state index in [1.807, 2.05) is 65.6 Å². The molecule has 35 heavy (non-hydrogen) atoms. The lowest BCUT2D eigenvalue weighted by molar-refractivity contribution is 0.0681. The molecule has 0 atom stereocenters. The number of benzene rings is 3. The maximum atomic E-state index is 13.7. The fourth-order valence-electron chi connectivity index (χ4n) is 4.71. The van der Waals surface area contributed by atoms with Crippen LogP contribution in [0.25, 0.3) is 16.9 Å². The third-order valence-electron chi connectivity index (χ3n) is 6.62. The van der Waals surface area contributed by atoms with Crippen LogP contribution in [-0.4, -0.2) is 40.8 Å². The molecule has 0 spiro atoms. The lowest BCUT2D eigenvalue weighted by atomic mass is 9.90. The molecule has 0 N–H and O–H groups in total. The summed E-state index contributed by atoms with van der Waals surface area (Å²) in [6.07, 6.45) is 3.05. The average Bonchev–Trinajstić information content (AvgIpc) is 3.35. The standard InChI is InChI=1S/C29H28ClN3O2/c1-35-26-12-5-9-23(18-26)27-20-28(33(31-27)25-11-6-10-24(30)19-25)29(34)32-15-13-22(14-16-32)17-21-7-3-2-4-8-21/h2-12,18-20,22H,13-17H2,1H3. The molecule has 4 aromatic rings. The third-order valence-corrected chi connectivity index (χ3v) is 6.85. The van der Waals surface area contributed by atoms with Gasteiger partial charge in [0.25, 0.3) is 5.91 Å². The van der Waals surface area contributed by atoms with Gasteiger partial charge in [-0.3, -0.25) is 4.79 Å². The van der Waals surface area contributed by atoms with Gasteiger partial charge in [-0.1, -0.05) is 60.1 Å². The summed E-state index contributed by atoms with van der Waals surface area (Å²) in [4.78, 5) is 15.7. The van der Waals surface area contributed by atoms with Crippen LogP contribution < -0.4 is 4.74 Å². The van der Waals surface area contributed by atoms with E-state index in [1.165, 1.54) is 5.56 Å². The molecule has 3 aromatic carbocycles. The molecular weight excluding hydrogens is 458 g/mol. The Morgan fingerprint density at radius 2 is 1.74 bits per heavy atom. The molecule has 1 saturated heterocycles. The van der Waals surface area contributed by atoms with Crippen LogP contribution in [0, 0.1) is 5.92 Å². The topological polar surface area (TPSA) is 47.4 Å². The van der Waals surface area contributed by atoms with E-state index in [9.17, 15) is 4.79 Å². The van der Waals surface area contributed by atoms with Gasteiger partial charge in [-0.15, -0.1) is 0 Å². The first-order valence-electron chi connectivity index (χ1n) is 11.9. The van der Waals surface area contributed by atoms with E-state index in [4.69, 9.17) is 21.4 Å². The fourth-order valence-corrected chi connectivity index (χ4v) is 4.90. The number of hydrogen-bond acceptors (Lipinski definition) is 3. The Morgan fingerprint density at radius 1 is 0.971 bits per heavy atom. The van der Waals surface area contributed by atoms with E-state index in [0.29, 0.717) is 22.3 Å². The van der Waals surface area contributed by atoms with E-state index in [1.54, 1.807) is 11.8 Å². The molecule has 2 heterocycles. The smallest absolute Gasteiger partial charge is 0.272 e. The molecular formula is C29H28ClN3O2. The number of likely N-dealkylation sites (tertiary alicyclic amines) is 1. The molecule has 6 heteroatoms. The van der Waals surface area contributed by atoms with Gasteiger partial charge in [-0.25, -0.2) is 4.68 Å². The van der Waals surface area contributed by atoms with Crippen LogP contribution in [0.2, 0.25) is 5.02 Å². The SMILES string of the molecule is COc1cccc(-c2cc(C(=O)N3CCC(Cc4ccccc4)CC3)n(-c3cccc(Cl)c3)n2)c1. The van der Waals surface area contributed by atoms with Crippen molar-refractivity contribution in [2.24, 2.45) is 5.92 Å². The average molecular weight is 486 g/mol. The number of nitrogens with zero attached hydrogens (tertiary/aromatic N) is 3. The first-order valence-corrected chi connectivity index (χ1v) is 12.3. The predicted octanol–water partition coefficient (Wildman–Crippen LogP) is 6.30. The molecule has 0 unspecified atom stereocenters. The maximum Gasteiger partial charge on any atom is 0.272 e. The first-order chi connectivity index (χ1) is 17.1. The van der Waals surface area contributed by atoms with Crippen LogP contribution in [0.1, 0.15) is 28.9 Å². The van der Waals surface area contributed by atoms with Crippen molar-refractivity contribution in [2.75, 3.05) is 20.2 Å². The number of rotatable bonds is 6. The Hall–Kier alpha value is -3.57. The number of carbonyl (C=O) groups is 1. The number of hydrogen-bond donors (Lipinski definition) is 0. The van der Waals surface area contributed by atoms with Crippen LogP contribution in [0.5, 0.6) is 5.75 Å². The number of carbonyl (C=O) groups excluding carboxylic acids is 1. The number of piperidine rings is 1. The lowest BCUT2D eigenvalue weighted by Gasteiger charge is -2.32. The summed E-state index contributed by atoms with van der Waals surface area (Å²) in [5.41, 5.74) is 4.26. The quantitative estimate of drug-likeness (QED) is 0.322. The normalized spacial score (nSPS) is 14.2. The van der Waals surface area contributed by atoms with Gasteiger partial charge in [-0.05, 0) is 67.1 Å². The molecule has 0 aliphatic carbocycles. The van der Waals surface area contributed by atoms with Gasteiger partial charge < -0.3 is 9.64 Å². The van der Waals surface area contributed by atoms with E-state index in [0.717, 1.165) is 49.4 Å². The summed E-state index contributed by atoms with van der Waals surface area (Å²) < 4.78 is 7.09. The molecule has 178 valence electrons. The van der Waals surface area contributed by atoms with Crippen LogP contribution in [0.3, 0.4) is 0 Å². The monoisotopic (exact) mass is 485 g/mol. The molecule has 1 aliphatic rings. The highest BCUT2D eigenvalue weighted by Crippen LogP contribution is 2.28. The second-order valence-electron chi connectivity index (χ2n) is 8.96. The van der Waals surface area contributed by atoms with E-state index < -0.39 is 0 Å². The highest BCUT2D eigenvalue weighted by atomic mass is 35.5. The summed E-state index contributed by atoms with van der Waals surface area (Å²) in [6.45, 7) is 1.48. The van der Waals surface area contributed by atoms with Gasteiger partial charge >= 0.3 is 0 Å². The van der Waals surface area contributed by atoms with Crippen molar-refractivity contribution in [2.45, 2.75) is 19.3 Å². The number of halogens is 1. The summed E-state index contributed by atoms with van der Waals surface area (Å²) in [7, 11) is 1.64. The predicted molar refractivity (Wildman–Crippen MR) is 139 cm³/mol. The van der Waals surface area contributed by atoms with Gasteiger partial charge in [0.15, 0.2) is 0 Å². The zero-order valence-electron chi connectivity index (χ0n) is 19.7. The summed E-state index contributed by atoms with van der Waals surface area (Å²) in [5.74, 6) is 1.32. The number of amides is 1. The molecule has 1 amide bonds. The van der Waals surface area contributed by atoms with Crippen LogP contribution in [0.4, 0.5) is 0 Å². The highest BCUT2D eigenvalue weighted by Gasteiger charge is 2.27. The van der Waals surface area contributed by atoms with Crippen molar-refractivity contribution in [1.82, 2.24) is 14.7 Å². The molecule has 1 aromatic heterocycles. The Labute approximate surface area is 210 Å². The summed E-state index contributed by atoms with van der Waals surface area (Å²) >= 11 is 6.27. The molecule has 0 radical (unpaired) electrons. The van der Waals surface area contributed by atoms with E-state index >= 15 is 0 Å². The van der Waals surface area contributed by atoms with E-state index in [-0.39, 0.29) is 5.91 Å². The Balaban J connectivity index is 1.40. The van der Waals surface area contributed by atoms with Gasteiger partial charge in [-0.2, -0.15) is 5.10 Å². The maximum absolute atomic E-state index is 13.7. The van der Waals surface area contributed by atoms with Crippen LogP contribution in [-0.2, 0) is 6.42 Å². The van der Waals surface area contributed by atoms with Crippen molar-refractivity contribution in [3.63, 3.8) is 0 Å². The highest BCUT2D eigenvalue weighted by molar-refractivity contribution is 6.30. The zero-order valence-corrected chi connectivity index (χ0v) is 20.5. The van der Waals surface area contributed by atoms with Crippen molar-refractivity contribution in [3.05, 3.63) is 101 Å². The molecule has 0 saturated carbocycles. The molecule has 5 rings (SSSR count). The second-order valence-corrected chi connectivity index (χ2v) is 9.40. The minimum absolute atomic E-state index is 0.00946. The van der Waals surface area contributed by atoms with Gasteiger partial charge in [0.05, 0.1) is 18.5 Å². The second kappa shape index (κ2) is 10.4. The van der Waals surface area contributed by atoms with Gasteiger partial charge in [0, 0.05) is 23.7 Å². The van der Waals surface area contributed by atoms with E-state index in [2.05, 4.69) is 24.3 Å². The first kappa shape index (κ1) is 23.2. The van der Waals surface area contributed by atoms with Crippen molar-refractivity contribution >= 4 is 17.5 Å². The fraction of sp³-hybridized carbons (Fsp3) is 0.241. The van der Waals surface area contributed by atoms with Gasteiger partial charge in [0.1, 0.15) is 11.4 Å². The van der Waals surface area contributed by atoms with Crippen LogP contribution in [0.15, 0.2) is 84.9 Å².